The van der Waals surface area contributed by atoms with E-state index in [1.165, 1.54) is 4.90 Å². The van der Waals surface area contributed by atoms with Gasteiger partial charge in [-0.25, -0.2) is 0 Å². The van der Waals surface area contributed by atoms with E-state index >= 15 is 0 Å². The number of fused-ring (bicyclic) bond motifs is 1. The topological polar surface area (TPSA) is 34.1 Å². The number of Topliss-reactive ketones (excluding diaryl/α,β-unsaturated/α-hetero) is 2. The van der Waals surface area contributed by atoms with Gasteiger partial charge in [0.15, 0.2) is 5.78 Å². The van der Waals surface area contributed by atoms with Crippen molar-refractivity contribution in [1.82, 2.24) is 0 Å². The number of thioether (sulfide) groups is 1. The maximum Gasteiger partial charge on any atom is 0.159 e. The zero-order chi connectivity index (χ0) is 14.2. The Balaban J connectivity index is 1.86. The third-order valence-corrected chi connectivity index (χ3v) is 5.60. The number of hydrogen-bond acceptors (Lipinski definition) is 3. The Kier molecular flexibility index (Phi) is 3.55. The molecule has 1 aromatic rings. The highest BCUT2D eigenvalue weighted by atomic mass is 32.2. The second-order valence-electron chi connectivity index (χ2n) is 5.74. The summed E-state index contributed by atoms with van der Waals surface area (Å²) in [5.74, 6) is 1.26. The summed E-state index contributed by atoms with van der Waals surface area (Å²) in [7, 11) is 0. The quantitative estimate of drug-likeness (QED) is 0.792. The monoisotopic (exact) mass is 286 g/mol. The number of carbonyl (C=O) groups excluding carboxylic acids is 2. The second-order valence-corrected chi connectivity index (χ2v) is 6.79. The molecule has 0 N–H and O–H groups in total. The van der Waals surface area contributed by atoms with E-state index < -0.39 is 0 Å². The van der Waals surface area contributed by atoms with Crippen LogP contribution in [0.25, 0.3) is 0 Å². The van der Waals surface area contributed by atoms with Gasteiger partial charge in [-0.3, -0.25) is 9.59 Å². The molecule has 0 radical (unpaired) electrons. The lowest BCUT2D eigenvalue weighted by Gasteiger charge is -2.31. The van der Waals surface area contributed by atoms with Crippen LogP contribution in [0.15, 0.2) is 46.4 Å². The SMILES string of the molecule is CC12CCC(=O)C(CSc3ccccc3)=C1CCC2=O. The average Bonchev–Trinajstić information content (AvgIpc) is 2.76. The summed E-state index contributed by atoms with van der Waals surface area (Å²) in [5, 5.41) is 0. The van der Waals surface area contributed by atoms with Crippen LogP contribution in [-0.4, -0.2) is 17.3 Å². The van der Waals surface area contributed by atoms with Crippen molar-refractivity contribution in [2.75, 3.05) is 5.75 Å². The molecule has 2 aliphatic rings. The van der Waals surface area contributed by atoms with Crippen LogP contribution < -0.4 is 0 Å². The number of carbonyl (C=O) groups is 2. The molecular formula is C17H18O2S. The Labute approximate surface area is 123 Å². The van der Waals surface area contributed by atoms with E-state index in [2.05, 4.69) is 12.1 Å². The molecule has 3 heteroatoms. The molecule has 1 fully saturated rings. The minimum absolute atomic E-state index is 0.246. The first kappa shape index (κ1) is 13.6. The van der Waals surface area contributed by atoms with Gasteiger partial charge >= 0.3 is 0 Å². The summed E-state index contributed by atoms with van der Waals surface area (Å²) in [6.07, 6.45) is 2.63. The molecule has 2 nitrogen and oxygen atoms in total. The second kappa shape index (κ2) is 5.21. The largest absolute Gasteiger partial charge is 0.299 e. The molecule has 0 bridgehead atoms. The van der Waals surface area contributed by atoms with Crippen LogP contribution >= 0.6 is 11.8 Å². The summed E-state index contributed by atoms with van der Waals surface area (Å²) in [4.78, 5) is 25.5. The molecule has 20 heavy (non-hydrogen) atoms. The smallest absolute Gasteiger partial charge is 0.159 e. The predicted molar refractivity (Wildman–Crippen MR) is 80.8 cm³/mol. The first-order valence-electron chi connectivity index (χ1n) is 7.08. The Bertz CT molecular complexity index is 588. The van der Waals surface area contributed by atoms with Crippen molar-refractivity contribution in [2.24, 2.45) is 5.41 Å². The lowest BCUT2D eigenvalue weighted by atomic mass is 9.72. The standard InChI is InChI=1S/C17H18O2S/c1-17-10-9-15(18)13(14(17)7-8-16(17)19)11-20-12-5-3-2-4-6-12/h2-6H,7-11H2,1H3. The van der Waals surface area contributed by atoms with Crippen LogP contribution in [-0.2, 0) is 9.59 Å². The zero-order valence-corrected chi connectivity index (χ0v) is 12.5. The van der Waals surface area contributed by atoms with Crippen molar-refractivity contribution in [3.8, 4) is 0 Å². The lowest BCUT2D eigenvalue weighted by Crippen LogP contribution is -2.31. The molecule has 1 aromatic carbocycles. The van der Waals surface area contributed by atoms with Crippen molar-refractivity contribution < 1.29 is 9.59 Å². The van der Waals surface area contributed by atoms with Crippen molar-refractivity contribution in [1.29, 1.82) is 0 Å². The maximum atomic E-state index is 12.2. The van der Waals surface area contributed by atoms with E-state index in [9.17, 15) is 9.59 Å². The molecule has 0 heterocycles. The van der Waals surface area contributed by atoms with Gasteiger partial charge in [0, 0.05) is 34.5 Å². The van der Waals surface area contributed by atoms with Gasteiger partial charge < -0.3 is 0 Å². The van der Waals surface area contributed by atoms with Gasteiger partial charge in [-0.2, -0.15) is 0 Å². The van der Waals surface area contributed by atoms with E-state index in [-0.39, 0.29) is 11.2 Å². The Morgan fingerprint density at radius 2 is 1.85 bits per heavy atom. The fraction of sp³-hybridized carbons (Fsp3) is 0.412. The average molecular weight is 286 g/mol. The van der Waals surface area contributed by atoms with Gasteiger partial charge in [-0.05, 0) is 37.5 Å². The molecule has 0 aliphatic heterocycles. The van der Waals surface area contributed by atoms with E-state index in [4.69, 9.17) is 0 Å². The van der Waals surface area contributed by atoms with Crippen LogP contribution in [0.4, 0.5) is 0 Å². The molecule has 1 saturated carbocycles. The zero-order valence-electron chi connectivity index (χ0n) is 11.6. The van der Waals surface area contributed by atoms with Gasteiger partial charge in [-0.1, -0.05) is 18.2 Å². The van der Waals surface area contributed by atoms with Crippen LogP contribution in [0, 0.1) is 5.41 Å². The highest BCUT2D eigenvalue weighted by molar-refractivity contribution is 7.99. The van der Waals surface area contributed by atoms with Crippen molar-refractivity contribution in [3.63, 3.8) is 0 Å². The van der Waals surface area contributed by atoms with E-state index in [1.807, 2.05) is 25.1 Å². The van der Waals surface area contributed by atoms with Gasteiger partial charge in [-0.15, -0.1) is 11.8 Å². The minimum Gasteiger partial charge on any atom is -0.299 e. The predicted octanol–water partition coefficient (Wildman–Crippen LogP) is 3.81. The Morgan fingerprint density at radius 1 is 1.10 bits per heavy atom. The molecule has 1 atom stereocenters. The van der Waals surface area contributed by atoms with Gasteiger partial charge in [0.05, 0.1) is 0 Å². The maximum absolute atomic E-state index is 12.2. The van der Waals surface area contributed by atoms with Crippen molar-refractivity contribution >= 4 is 23.3 Å². The number of hydrogen-bond donors (Lipinski definition) is 0. The van der Waals surface area contributed by atoms with Crippen LogP contribution in [0.2, 0.25) is 0 Å². The summed E-state index contributed by atoms with van der Waals surface area (Å²) < 4.78 is 0. The highest BCUT2D eigenvalue weighted by Crippen LogP contribution is 2.48. The van der Waals surface area contributed by atoms with Crippen molar-refractivity contribution in [3.05, 3.63) is 41.5 Å². The molecule has 0 amide bonds. The molecule has 104 valence electrons. The van der Waals surface area contributed by atoms with E-state index in [1.54, 1.807) is 11.8 Å². The Morgan fingerprint density at radius 3 is 2.60 bits per heavy atom. The fourth-order valence-electron chi connectivity index (χ4n) is 3.26. The molecule has 1 unspecified atom stereocenters. The summed E-state index contributed by atoms with van der Waals surface area (Å²) in [6.45, 7) is 2.03. The normalized spacial score (nSPS) is 26.1. The number of rotatable bonds is 3. The number of ketones is 2. The summed E-state index contributed by atoms with van der Waals surface area (Å²) in [6, 6.07) is 10.1. The van der Waals surface area contributed by atoms with Crippen LogP contribution in [0.5, 0.6) is 0 Å². The first-order valence-corrected chi connectivity index (χ1v) is 8.07. The minimum atomic E-state index is -0.347. The number of benzene rings is 1. The third kappa shape index (κ3) is 2.24. The van der Waals surface area contributed by atoms with E-state index in [0.717, 1.165) is 17.6 Å². The molecule has 2 aliphatic carbocycles. The van der Waals surface area contributed by atoms with Gasteiger partial charge in [0.25, 0.3) is 0 Å². The highest BCUT2D eigenvalue weighted by Gasteiger charge is 2.46. The number of allylic oxidation sites excluding steroid dienone is 1. The van der Waals surface area contributed by atoms with Crippen molar-refractivity contribution in [2.45, 2.75) is 37.5 Å². The lowest BCUT2D eigenvalue weighted by molar-refractivity contribution is -0.125. The summed E-state index contributed by atoms with van der Waals surface area (Å²) >= 11 is 1.69. The molecule has 0 aromatic heterocycles. The summed E-state index contributed by atoms with van der Waals surface area (Å²) in [5.41, 5.74) is 1.70. The van der Waals surface area contributed by atoms with E-state index in [0.29, 0.717) is 30.8 Å². The first-order chi connectivity index (χ1) is 9.61. The molecule has 3 rings (SSSR count). The van der Waals surface area contributed by atoms with Gasteiger partial charge in [0.1, 0.15) is 5.78 Å². The van der Waals surface area contributed by atoms with Crippen LogP contribution in [0.1, 0.15) is 32.6 Å². The molecular weight excluding hydrogens is 268 g/mol. The van der Waals surface area contributed by atoms with Gasteiger partial charge in [0.2, 0.25) is 0 Å². The third-order valence-electron chi connectivity index (χ3n) is 4.56. The molecule has 0 saturated heterocycles. The fourth-order valence-corrected chi connectivity index (χ4v) is 4.25. The van der Waals surface area contributed by atoms with Crippen LogP contribution in [0.3, 0.4) is 0 Å². The molecule has 0 spiro atoms. The Hall–Kier alpha value is -1.35.